The molecule has 0 spiro atoms. The molecule has 1 amide bonds. The Morgan fingerprint density at radius 1 is 1.11 bits per heavy atom. The Labute approximate surface area is 221 Å². The summed E-state index contributed by atoms with van der Waals surface area (Å²) in [6.45, 7) is 0.775. The molecule has 0 aliphatic rings. The SMILES string of the molecule is COc1cc(C(=O)NCC(=O)c2cccc(-c3csc4c(F)cccc34)n2)ccc1OCCn1ccnc1. The molecule has 0 aliphatic carbocycles. The first-order chi connectivity index (χ1) is 18.5. The van der Waals surface area contributed by atoms with Gasteiger partial charge in [0.2, 0.25) is 0 Å². The quantitative estimate of drug-likeness (QED) is 0.256. The van der Waals surface area contributed by atoms with E-state index in [0.29, 0.717) is 40.6 Å². The Bertz CT molecular complexity index is 1600. The molecule has 10 heteroatoms. The third-order valence-corrected chi connectivity index (χ3v) is 6.87. The molecule has 3 aromatic heterocycles. The van der Waals surface area contributed by atoms with Crippen molar-refractivity contribution in [2.24, 2.45) is 0 Å². The number of amides is 1. The van der Waals surface area contributed by atoms with Gasteiger partial charge in [0.15, 0.2) is 17.3 Å². The molecule has 0 unspecified atom stereocenters. The van der Waals surface area contributed by atoms with E-state index >= 15 is 0 Å². The second-order valence-corrected chi connectivity index (χ2v) is 9.17. The second-order valence-electron chi connectivity index (χ2n) is 8.29. The van der Waals surface area contributed by atoms with Crippen molar-refractivity contribution in [3.63, 3.8) is 0 Å². The van der Waals surface area contributed by atoms with Crippen LogP contribution in [0.3, 0.4) is 0 Å². The number of carbonyl (C=O) groups excluding carboxylic acids is 2. The lowest BCUT2D eigenvalue weighted by atomic mass is 10.1. The van der Waals surface area contributed by atoms with E-state index < -0.39 is 5.91 Å². The molecule has 192 valence electrons. The van der Waals surface area contributed by atoms with Crippen LogP contribution in [0.5, 0.6) is 11.5 Å². The van der Waals surface area contributed by atoms with Crippen LogP contribution in [-0.2, 0) is 6.54 Å². The van der Waals surface area contributed by atoms with Gasteiger partial charge in [-0.25, -0.2) is 14.4 Å². The van der Waals surface area contributed by atoms with Crippen LogP contribution in [0.15, 0.2) is 78.7 Å². The Hall–Kier alpha value is -4.57. The molecule has 0 saturated carbocycles. The predicted octanol–water partition coefficient (Wildman–Crippen LogP) is 5.00. The number of nitrogens with one attached hydrogen (secondary N) is 1. The number of thiophene rings is 1. The Morgan fingerprint density at radius 3 is 2.79 bits per heavy atom. The Kier molecular flexibility index (Phi) is 7.41. The fraction of sp³-hybridized carbons (Fsp3) is 0.143. The number of rotatable bonds is 10. The van der Waals surface area contributed by atoms with E-state index in [1.807, 2.05) is 22.2 Å². The Balaban J connectivity index is 1.22. The van der Waals surface area contributed by atoms with E-state index in [0.717, 1.165) is 10.9 Å². The molecule has 0 aliphatic heterocycles. The number of halogens is 1. The number of benzene rings is 2. The first-order valence-electron chi connectivity index (χ1n) is 11.7. The number of fused-ring (bicyclic) bond motifs is 1. The average molecular weight is 531 g/mol. The van der Waals surface area contributed by atoms with E-state index in [2.05, 4.69) is 15.3 Å². The molecule has 0 saturated heterocycles. The number of Topliss-reactive ketones (excluding diaryl/α,β-unsaturated/α-hetero) is 1. The topological polar surface area (TPSA) is 95.3 Å². The summed E-state index contributed by atoms with van der Waals surface area (Å²) in [5.41, 5.74) is 1.85. The fourth-order valence-corrected chi connectivity index (χ4v) is 4.89. The highest BCUT2D eigenvalue weighted by Gasteiger charge is 2.16. The summed E-state index contributed by atoms with van der Waals surface area (Å²) in [6.07, 6.45) is 5.23. The maximum Gasteiger partial charge on any atom is 0.251 e. The van der Waals surface area contributed by atoms with E-state index in [9.17, 15) is 14.0 Å². The number of pyridine rings is 1. The minimum atomic E-state index is -0.433. The minimum absolute atomic E-state index is 0.206. The molecule has 1 N–H and O–H groups in total. The number of imidazole rings is 1. The van der Waals surface area contributed by atoms with Crippen LogP contribution in [0.2, 0.25) is 0 Å². The van der Waals surface area contributed by atoms with Gasteiger partial charge < -0.3 is 19.4 Å². The lowest BCUT2D eigenvalue weighted by molar-refractivity contribution is 0.0902. The standard InChI is InChI=1S/C28H23FN4O4S/c1-36-26-14-18(8-9-25(26)37-13-12-33-11-10-30-17-33)28(35)31-15-24(34)23-7-3-6-22(32-23)20-16-38-27-19(20)4-2-5-21(27)29/h2-11,14,16-17H,12-13,15H2,1H3,(H,31,35). The van der Waals surface area contributed by atoms with Gasteiger partial charge in [0.05, 0.1) is 36.9 Å². The molecule has 0 bridgehead atoms. The maximum absolute atomic E-state index is 14.1. The molecule has 0 atom stereocenters. The highest BCUT2D eigenvalue weighted by molar-refractivity contribution is 7.17. The van der Waals surface area contributed by atoms with Crippen molar-refractivity contribution in [1.29, 1.82) is 0 Å². The molecule has 0 radical (unpaired) electrons. The number of aromatic nitrogens is 3. The molecule has 0 fully saturated rings. The smallest absolute Gasteiger partial charge is 0.251 e. The molecule has 5 aromatic rings. The lowest BCUT2D eigenvalue weighted by Gasteiger charge is -2.12. The van der Waals surface area contributed by atoms with Crippen LogP contribution in [0.1, 0.15) is 20.8 Å². The molecule has 5 rings (SSSR count). The number of ketones is 1. The van der Waals surface area contributed by atoms with Crippen molar-refractivity contribution in [2.45, 2.75) is 6.54 Å². The monoisotopic (exact) mass is 530 g/mol. The van der Waals surface area contributed by atoms with Crippen molar-refractivity contribution in [2.75, 3.05) is 20.3 Å². The van der Waals surface area contributed by atoms with E-state index in [-0.39, 0.29) is 23.8 Å². The number of carbonyl (C=O) groups is 2. The zero-order valence-corrected chi connectivity index (χ0v) is 21.2. The van der Waals surface area contributed by atoms with Crippen LogP contribution < -0.4 is 14.8 Å². The Morgan fingerprint density at radius 2 is 1.97 bits per heavy atom. The van der Waals surface area contributed by atoms with Crippen molar-refractivity contribution < 1.29 is 23.5 Å². The summed E-state index contributed by atoms with van der Waals surface area (Å²) in [6, 6.07) is 14.8. The number of ether oxygens (including phenoxy) is 2. The molecule has 3 heterocycles. The summed E-state index contributed by atoms with van der Waals surface area (Å²) in [7, 11) is 1.49. The first-order valence-corrected chi connectivity index (χ1v) is 12.6. The highest BCUT2D eigenvalue weighted by atomic mass is 32.1. The third kappa shape index (κ3) is 5.40. The molecular formula is C28H23FN4O4S. The van der Waals surface area contributed by atoms with Gasteiger partial charge in [-0.05, 0) is 36.4 Å². The van der Waals surface area contributed by atoms with Crippen molar-refractivity contribution in [3.8, 4) is 22.8 Å². The highest BCUT2D eigenvalue weighted by Crippen LogP contribution is 2.34. The summed E-state index contributed by atoms with van der Waals surface area (Å²) in [5, 5.41) is 5.20. The number of hydrogen-bond acceptors (Lipinski definition) is 7. The number of hydrogen-bond donors (Lipinski definition) is 1. The van der Waals surface area contributed by atoms with Gasteiger partial charge in [-0.15, -0.1) is 11.3 Å². The fourth-order valence-electron chi connectivity index (χ4n) is 3.92. The molecular weight excluding hydrogens is 507 g/mol. The largest absolute Gasteiger partial charge is 0.493 e. The van der Waals surface area contributed by atoms with Gasteiger partial charge in [-0.1, -0.05) is 18.2 Å². The van der Waals surface area contributed by atoms with Gasteiger partial charge in [0.25, 0.3) is 5.91 Å². The minimum Gasteiger partial charge on any atom is -0.493 e. The van der Waals surface area contributed by atoms with E-state index in [1.165, 1.54) is 24.5 Å². The number of nitrogens with zero attached hydrogens (tertiary/aromatic N) is 3. The van der Waals surface area contributed by atoms with Crippen LogP contribution in [0.4, 0.5) is 4.39 Å². The summed E-state index contributed by atoms with van der Waals surface area (Å²) in [4.78, 5) is 34.0. The van der Waals surface area contributed by atoms with Gasteiger partial charge >= 0.3 is 0 Å². The first kappa shape index (κ1) is 25.1. The van der Waals surface area contributed by atoms with Crippen LogP contribution in [0, 0.1) is 5.82 Å². The van der Waals surface area contributed by atoms with Gasteiger partial charge in [-0.2, -0.15) is 0 Å². The van der Waals surface area contributed by atoms with Crippen molar-refractivity contribution >= 4 is 33.1 Å². The molecule has 8 nitrogen and oxygen atoms in total. The van der Waals surface area contributed by atoms with Crippen LogP contribution in [0.25, 0.3) is 21.3 Å². The summed E-state index contributed by atoms with van der Waals surface area (Å²) >= 11 is 1.29. The lowest BCUT2D eigenvalue weighted by Crippen LogP contribution is -2.30. The predicted molar refractivity (Wildman–Crippen MR) is 142 cm³/mol. The van der Waals surface area contributed by atoms with Gasteiger partial charge in [0.1, 0.15) is 18.1 Å². The molecule has 2 aromatic carbocycles. The van der Waals surface area contributed by atoms with Crippen molar-refractivity contribution in [1.82, 2.24) is 19.9 Å². The van der Waals surface area contributed by atoms with Crippen molar-refractivity contribution in [3.05, 3.63) is 95.8 Å². The van der Waals surface area contributed by atoms with Crippen LogP contribution >= 0.6 is 11.3 Å². The summed E-state index contributed by atoms with van der Waals surface area (Å²) < 4.78 is 27.7. The second kappa shape index (κ2) is 11.2. The van der Waals surface area contributed by atoms with Crippen LogP contribution in [-0.4, -0.2) is 46.5 Å². The van der Waals surface area contributed by atoms with Gasteiger partial charge in [0, 0.05) is 34.3 Å². The normalized spacial score (nSPS) is 10.9. The van der Waals surface area contributed by atoms with E-state index in [1.54, 1.807) is 55.0 Å². The molecule has 38 heavy (non-hydrogen) atoms. The third-order valence-electron chi connectivity index (χ3n) is 5.86. The zero-order chi connectivity index (χ0) is 26.5. The maximum atomic E-state index is 14.1. The zero-order valence-electron chi connectivity index (χ0n) is 20.4. The summed E-state index contributed by atoms with van der Waals surface area (Å²) in [5.74, 6) is -0.167. The average Bonchev–Trinajstić information content (AvgIpc) is 3.63. The van der Waals surface area contributed by atoms with E-state index in [4.69, 9.17) is 9.47 Å². The van der Waals surface area contributed by atoms with Gasteiger partial charge in [-0.3, -0.25) is 9.59 Å². The number of methoxy groups -OCH3 is 1.